The monoisotopic (exact) mass is 297 g/mol. The lowest BCUT2D eigenvalue weighted by atomic mass is 10.2. The third kappa shape index (κ3) is 4.65. The van der Waals surface area contributed by atoms with Crippen molar-refractivity contribution in [2.75, 3.05) is 0 Å². The average molecular weight is 298 g/mol. The number of rotatable bonds is 7. The highest BCUT2D eigenvalue weighted by molar-refractivity contribution is 5.85. The molecule has 2 aromatic rings. The van der Waals surface area contributed by atoms with Gasteiger partial charge in [-0.25, -0.2) is 0 Å². The fourth-order valence-electron chi connectivity index (χ4n) is 2.09. The molecular formula is C14H24ClN5. The van der Waals surface area contributed by atoms with Crippen LogP contribution >= 0.6 is 12.4 Å². The normalized spacial score (nSPS) is 10.8. The molecule has 2 rings (SSSR count). The molecule has 0 fully saturated rings. The molecule has 0 aromatic carbocycles. The number of nitrogens with zero attached hydrogens (tertiary/aromatic N) is 4. The van der Waals surface area contributed by atoms with Gasteiger partial charge in [0.2, 0.25) is 0 Å². The van der Waals surface area contributed by atoms with Crippen molar-refractivity contribution in [2.24, 2.45) is 5.92 Å². The van der Waals surface area contributed by atoms with Gasteiger partial charge in [0.25, 0.3) is 0 Å². The van der Waals surface area contributed by atoms with Crippen LogP contribution in [0.4, 0.5) is 0 Å². The first-order valence-corrected chi connectivity index (χ1v) is 6.92. The second-order valence-electron chi connectivity index (χ2n) is 5.16. The molecule has 0 aliphatic carbocycles. The van der Waals surface area contributed by atoms with Crippen LogP contribution in [0.1, 0.15) is 32.2 Å². The van der Waals surface area contributed by atoms with Crippen LogP contribution in [0.15, 0.2) is 24.5 Å². The van der Waals surface area contributed by atoms with Crippen molar-refractivity contribution in [3.8, 4) is 0 Å². The van der Waals surface area contributed by atoms with E-state index in [1.807, 2.05) is 27.8 Å². The maximum atomic E-state index is 4.54. The molecule has 112 valence electrons. The highest BCUT2D eigenvalue weighted by Gasteiger charge is 2.03. The second kappa shape index (κ2) is 8.07. The molecule has 2 aromatic heterocycles. The summed E-state index contributed by atoms with van der Waals surface area (Å²) in [5.74, 6) is 0.625. The van der Waals surface area contributed by atoms with Gasteiger partial charge >= 0.3 is 0 Å². The van der Waals surface area contributed by atoms with E-state index in [0.717, 1.165) is 31.9 Å². The lowest BCUT2D eigenvalue weighted by Gasteiger charge is -2.06. The van der Waals surface area contributed by atoms with Gasteiger partial charge in [0.05, 0.1) is 11.4 Å². The summed E-state index contributed by atoms with van der Waals surface area (Å²) >= 11 is 0. The fourth-order valence-corrected chi connectivity index (χ4v) is 2.09. The molecule has 5 nitrogen and oxygen atoms in total. The molecule has 1 N–H and O–H groups in total. The Morgan fingerprint density at radius 1 is 1.25 bits per heavy atom. The minimum Gasteiger partial charge on any atom is -0.305 e. The summed E-state index contributed by atoms with van der Waals surface area (Å²) in [4.78, 5) is 0. The fraction of sp³-hybridized carbons (Fsp3) is 0.571. The van der Waals surface area contributed by atoms with Crippen molar-refractivity contribution in [2.45, 2.75) is 47.0 Å². The zero-order chi connectivity index (χ0) is 13.7. The SMILES string of the molecule is CCn1nccc1CNCc1ccn(CC(C)C)n1.Cl. The number of hydrogen-bond acceptors (Lipinski definition) is 3. The minimum atomic E-state index is 0. The molecule has 0 saturated carbocycles. The van der Waals surface area contributed by atoms with Gasteiger partial charge in [-0.05, 0) is 25.0 Å². The van der Waals surface area contributed by atoms with E-state index >= 15 is 0 Å². The van der Waals surface area contributed by atoms with Crippen LogP contribution in [-0.2, 0) is 26.2 Å². The zero-order valence-electron chi connectivity index (χ0n) is 12.4. The van der Waals surface area contributed by atoms with Gasteiger partial charge < -0.3 is 5.32 Å². The average Bonchev–Trinajstić information content (AvgIpc) is 2.98. The van der Waals surface area contributed by atoms with Crippen molar-refractivity contribution in [3.05, 3.63) is 35.9 Å². The third-order valence-corrected chi connectivity index (χ3v) is 2.96. The van der Waals surface area contributed by atoms with Crippen LogP contribution in [0.3, 0.4) is 0 Å². The van der Waals surface area contributed by atoms with Crippen LogP contribution in [0, 0.1) is 5.92 Å². The van der Waals surface area contributed by atoms with Crippen molar-refractivity contribution >= 4 is 12.4 Å². The lowest BCUT2D eigenvalue weighted by molar-refractivity contribution is 0.477. The van der Waals surface area contributed by atoms with Crippen LogP contribution in [-0.4, -0.2) is 19.6 Å². The Labute approximate surface area is 126 Å². The molecule has 0 bridgehead atoms. The molecule has 0 aliphatic heterocycles. The van der Waals surface area contributed by atoms with Crippen molar-refractivity contribution in [1.82, 2.24) is 24.9 Å². The largest absolute Gasteiger partial charge is 0.305 e. The Kier molecular flexibility index (Phi) is 6.75. The molecule has 6 heteroatoms. The predicted octanol–water partition coefficient (Wildman–Crippen LogP) is 2.47. The molecular weight excluding hydrogens is 274 g/mol. The van der Waals surface area contributed by atoms with E-state index in [2.05, 4.69) is 42.4 Å². The Balaban J connectivity index is 0.00000200. The maximum Gasteiger partial charge on any atom is 0.0762 e. The van der Waals surface area contributed by atoms with Crippen LogP contribution < -0.4 is 5.32 Å². The summed E-state index contributed by atoms with van der Waals surface area (Å²) in [7, 11) is 0. The molecule has 20 heavy (non-hydrogen) atoms. The van der Waals surface area contributed by atoms with E-state index < -0.39 is 0 Å². The summed E-state index contributed by atoms with van der Waals surface area (Å²) in [6.45, 7) is 10.0. The van der Waals surface area contributed by atoms with E-state index in [-0.39, 0.29) is 12.4 Å². The second-order valence-corrected chi connectivity index (χ2v) is 5.16. The summed E-state index contributed by atoms with van der Waals surface area (Å²) in [5, 5.41) is 12.2. The Bertz CT molecular complexity index is 503. The molecule has 0 unspecified atom stereocenters. The third-order valence-electron chi connectivity index (χ3n) is 2.96. The number of halogens is 1. The molecule has 0 aliphatic rings. The summed E-state index contributed by atoms with van der Waals surface area (Å²) < 4.78 is 4.02. The van der Waals surface area contributed by atoms with Crippen molar-refractivity contribution in [3.63, 3.8) is 0 Å². The quantitative estimate of drug-likeness (QED) is 0.854. The number of nitrogens with one attached hydrogen (secondary N) is 1. The van der Waals surface area contributed by atoms with Gasteiger partial charge in [-0.3, -0.25) is 9.36 Å². The number of aromatic nitrogens is 4. The van der Waals surface area contributed by atoms with Crippen molar-refractivity contribution in [1.29, 1.82) is 0 Å². The van der Waals surface area contributed by atoms with Crippen LogP contribution in [0.5, 0.6) is 0 Å². The Morgan fingerprint density at radius 2 is 2.05 bits per heavy atom. The molecule has 0 atom stereocenters. The first-order valence-electron chi connectivity index (χ1n) is 6.92. The number of hydrogen-bond donors (Lipinski definition) is 1. The molecule has 0 spiro atoms. The van der Waals surface area contributed by atoms with Gasteiger partial charge in [0.15, 0.2) is 0 Å². The maximum absolute atomic E-state index is 4.54. The highest BCUT2D eigenvalue weighted by atomic mass is 35.5. The van der Waals surface area contributed by atoms with Gasteiger partial charge in [-0.2, -0.15) is 10.2 Å². The molecule has 0 amide bonds. The Hall–Kier alpha value is -1.33. The lowest BCUT2D eigenvalue weighted by Crippen LogP contribution is -2.16. The standard InChI is InChI=1S/C14H23N5.ClH/c1-4-19-14(5-7-16-19)10-15-9-13-6-8-18(17-13)11-12(2)3;/h5-8,12,15H,4,9-11H2,1-3H3;1H. The predicted molar refractivity (Wildman–Crippen MR) is 82.8 cm³/mol. The first-order chi connectivity index (χ1) is 9.19. The molecule has 0 radical (unpaired) electrons. The summed E-state index contributed by atoms with van der Waals surface area (Å²) in [6, 6.07) is 4.13. The molecule has 2 heterocycles. The van der Waals surface area contributed by atoms with Crippen molar-refractivity contribution < 1.29 is 0 Å². The smallest absolute Gasteiger partial charge is 0.0762 e. The van der Waals surface area contributed by atoms with E-state index in [1.165, 1.54) is 5.69 Å². The van der Waals surface area contributed by atoms with Gasteiger partial charge in [-0.15, -0.1) is 12.4 Å². The van der Waals surface area contributed by atoms with Gasteiger partial charge in [0.1, 0.15) is 0 Å². The van der Waals surface area contributed by atoms with E-state index in [4.69, 9.17) is 0 Å². The minimum absolute atomic E-state index is 0. The van der Waals surface area contributed by atoms with E-state index in [0.29, 0.717) is 5.92 Å². The van der Waals surface area contributed by atoms with Gasteiger partial charge in [-0.1, -0.05) is 13.8 Å². The van der Waals surface area contributed by atoms with E-state index in [1.54, 1.807) is 0 Å². The van der Waals surface area contributed by atoms with Gasteiger partial charge in [0, 0.05) is 38.6 Å². The highest BCUT2D eigenvalue weighted by Crippen LogP contribution is 2.02. The first kappa shape index (κ1) is 16.7. The van der Waals surface area contributed by atoms with E-state index in [9.17, 15) is 0 Å². The van der Waals surface area contributed by atoms with Crippen LogP contribution in [0.2, 0.25) is 0 Å². The summed E-state index contributed by atoms with van der Waals surface area (Å²) in [5.41, 5.74) is 2.30. The zero-order valence-corrected chi connectivity index (χ0v) is 13.2. The van der Waals surface area contributed by atoms with Crippen LogP contribution in [0.25, 0.3) is 0 Å². The Morgan fingerprint density at radius 3 is 2.75 bits per heavy atom. The summed E-state index contributed by atoms with van der Waals surface area (Å²) in [6.07, 6.45) is 3.89. The topological polar surface area (TPSA) is 47.7 Å². The number of aryl methyl sites for hydroxylation is 1. The molecule has 0 saturated heterocycles.